The lowest BCUT2D eigenvalue weighted by Crippen LogP contribution is -2.33. The molecular weight excluding hydrogens is 426 g/mol. The van der Waals surface area contributed by atoms with Gasteiger partial charge in [-0.25, -0.2) is 4.98 Å². The molecular formula is C20H20BrN3O2S. The maximum Gasteiger partial charge on any atom is 0.257 e. The van der Waals surface area contributed by atoms with Crippen molar-refractivity contribution in [3.63, 3.8) is 0 Å². The number of allylic oxidation sites excluding steroid dienone is 2. The number of carbonyl (C=O) groups excluding carboxylic acids is 1. The van der Waals surface area contributed by atoms with Gasteiger partial charge < -0.3 is 10.3 Å². The number of benzene rings is 1. The Morgan fingerprint density at radius 3 is 2.74 bits per heavy atom. The molecule has 2 N–H and O–H groups in total. The number of aromatic nitrogens is 2. The highest BCUT2D eigenvalue weighted by atomic mass is 79.9. The second-order valence-corrected chi connectivity index (χ2v) is 9.47. The molecule has 4 rings (SSSR count). The summed E-state index contributed by atoms with van der Waals surface area (Å²) in [7, 11) is 0. The van der Waals surface area contributed by atoms with Crippen molar-refractivity contribution >= 4 is 39.3 Å². The predicted molar refractivity (Wildman–Crippen MR) is 111 cm³/mol. The van der Waals surface area contributed by atoms with Gasteiger partial charge in [-0.15, -0.1) is 0 Å². The highest BCUT2D eigenvalue weighted by Crippen LogP contribution is 2.45. The average molecular weight is 446 g/mol. The normalized spacial score (nSPS) is 19.0. The molecule has 1 aliphatic heterocycles. The third-order valence-corrected chi connectivity index (χ3v) is 6.41. The first kappa shape index (κ1) is 18.5. The average Bonchev–Trinajstić information content (AvgIpc) is 2.60. The van der Waals surface area contributed by atoms with Crippen LogP contribution >= 0.6 is 27.7 Å². The minimum Gasteiger partial charge on any atom is -0.343 e. The van der Waals surface area contributed by atoms with Crippen molar-refractivity contribution in [3.05, 3.63) is 61.5 Å². The first-order valence-electron chi connectivity index (χ1n) is 9.04. The van der Waals surface area contributed by atoms with E-state index in [4.69, 9.17) is 0 Å². The van der Waals surface area contributed by atoms with Gasteiger partial charge in [-0.2, -0.15) is 0 Å². The van der Waals surface area contributed by atoms with Gasteiger partial charge in [0.1, 0.15) is 5.82 Å². The van der Waals surface area contributed by atoms with E-state index < -0.39 is 5.92 Å². The Labute approximate surface area is 170 Å². The number of rotatable bonds is 3. The number of hydrogen-bond donors (Lipinski definition) is 2. The van der Waals surface area contributed by atoms with Crippen molar-refractivity contribution < 1.29 is 4.79 Å². The largest absolute Gasteiger partial charge is 0.343 e. The number of H-pyrrole nitrogens is 1. The van der Waals surface area contributed by atoms with Crippen molar-refractivity contribution in [2.75, 3.05) is 5.32 Å². The van der Waals surface area contributed by atoms with E-state index in [9.17, 15) is 9.59 Å². The van der Waals surface area contributed by atoms with E-state index >= 15 is 0 Å². The van der Waals surface area contributed by atoms with Crippen molar-refractivity contribution in [2.24, 2.45) is 0 Å². The van der Waals surface area contributed by atoms with Crippen LogP contribution in [0, 0.1) is 0 Å². The maximum absolute atomic E-state index is 13.0. The summed E-state index contributed by atoms with van der Waals surface area (Å²) >= 11 is 5.12. The summed E-state index contributed by atoms with van der Waals surface area (Å²) in [6.07, 6.45) is 2.13. The monoisotopic (exact) mass is 445 g/mol. The molecule has 2 aromatic rings. The van der Waals surface area contributed by atoms with Crippen LogP contribution in [0.4, 0.5) is 5.82 Å². The second-order valence-electron chi connectivity index (χ2n) is 7.05. The molecule has 0 amide bonds. The van der Waals surface area contributed by atoms with E-state index in [1.54, 1.807) is 0 Å². The number of nitrogens with zero attached hydrogens (tertiary/aromatic N) is 1. The maximum atomic E-state index is 13.0. The lowest BCUT2D eigenvalue weighted by atomic mass is 9.76. The number of halogens is 1. The van der Waals surface area contributed by atoms with E-state index in [1.165, 1.54) is 11.8 Å². The molecule has 27 heavy (non-hydrogen) atoms. The summed E-state index contributed by atoms with van der Waals surface area (Å²) < 4.78 is 0.883. The highest BCUT2D eigenvalue weighted by Gasteiger charge is 2.38. The molecule has 1 aromatic heterocycles. The Morgan fingerprint density at radius 1 is 1.22 bits per heavy atom. The summed E-state index contributed by atoms with van der Waals surface area (Å²) in [5, 5.41) is 4.20. The fraction of sp³-hybridized carbons (Fsp3) is 0.350. The van der Waals surface area contributed by atoms with Gasteiger partial charge in [0.25, 0.3) is 5.56 Å². The number of Topliss-reactive ketones (excluding diaryl/α,β-unsaturated/α-hetero) is 1. The molecule has 2 aliphatic rings. The molecule has 0 radical (unpaired) electrons. The zero-order valence-corrected chi connectivity index (χ0v) is 17.5. The Morgan fingerprint density at radius 2 is 2.00 bits per heavy atom. The van der Waals surface area contributed by atoms with Gasteiger partial charge in [0.2, 0.25) is 0 Å². The van der Waals surface area contributed by atoms with Crippen LogP contribution in [-0.2, 0) is 4.79 Å². The molecule has 1 unspecified atom stereocenters. The van der Waals surface area contributed by atoms with Crippen LogP contribution in [0.1, 0.15) is 50.2 Å². The van der Waals surface area contributed by atoms with Crippen molar-refractivity contribution in [1.29, 1.82) is 0 Å². The first-order valence-corrected chi connectivity index (χ1v) is 10.7. The molecule has 0 fully saturated rings. The smallest absolute Gasteiger partial charge is 0.257 e. The number of ketones is 1. The second kappa shape index (κ2) is 7.28. The number of thioether (sulfide) groups is 1. The van der Waals surface area contributed by atoms with Gasteiger partial charge in [-0.05, 0) is 24.5 Å². The van der Waals surface area contributed by atoms with Gasteiger partial charge in [0.05, 0.1) is 5.56 Å². The summed E-state index contributed by atoms with van der Waals surface area (Å²) in [5.41, 5.74) is 2.85. The van der Waals surface area contributed by atoms with Crippen LogP contribution in [0.25, 0.3) is 0 Å². The molecule has 2 heterocycles. The third-order valence-electron chi connectivity index (χ3n) is 4.80. The van der Waals surface area contributed by atoms with E-state index in [0.29, 0.717) is 33.8 Å². The summed E-state index contributed by atoms with van der Waals surface area (Å²) in [6, 6.07) is 7.76. The Bertz CT molecular complexity index is 1010. The zero-order valence-electron chi connectivity index (χ0n) is 15.1. The third kappa shape index (κ3) is 3.38. The lowest BCUT2D eigenvalue weighted by molar-refractivity contribution is -0.116. The standard InChI is InChI=1S/C20H20BrN3O2S/c1-10(2)27-20-23-18-17(19(26)24-20)15(11-6-3-4-7-12(11)21)16-13(22-18)8-5-9-14(16)25/h3-4,6-7,10,15H,5,8-9H2,1-2H3,(H2,22,23,24,26). The molecule has 1 aliphatic carbocycles. The Hall–Kier alpha value is -1.86. The van der Waals surface area contributed by atoms with E-state index in [2.05, 4.69) is 45.1 Å². The Kier molecular flexibility index (Phi) is 4.99. The minimum absolute atomic E-state index is 0.107. The molecule has 0 saturated carbocycles. The highest BCUT2D eigenvalue weighted by molar-refractivity contribution is 9.10. The molecule has 7 heteroatoms. The summed E-state index contributed by atoms with van der Waals surface area (Å²) in [6.45, 7) is 4.11. The van der Waals surface area contributed by atoms with E-state index in [-0.39, 0.29) is 11.3 Å². The van der Waals surface area contributed by atoms with Gasteiger partial charge in [0.15, 0.2) is 10.9 Å². The molecule has 5 nitrogen and oxygen atoms in total. The molecule has 140 valence electrons. The Balaban J connectivity index is 1.95. The van der Waals surface area contributed by atoms with Crippen LogP contribution in [0.3, 0.4) is 0 Å². The number of anilines is 1. The lowest BCUT2D eigenvalue weighted by Gasteiger charge is -2.33. The molecule has 0 saturated heterocycles. The topological polar surface area (TPSA) is 74.8 Å². The van der Waals surface area contributed by atoms with E-state index in [0.717, 1.165) is 28.6 Å². The fourth-order valence-electron chi connectivity index (χ4n) is 3.74. The number of nitrogens with one attached hydrogen (secondary N) is 2. The fourth-order valence-corrected chi connectivity index (χ4v) is 5.00. The predicted octanol–water partition coefficient (Wildman–Crippen LogP) is 4.60. The molecule has 1 atom stereocenters. The van der Waals surface area contributed by atoms with Crippen molar-refractivity contribution in [2.45, 2.75) is 49.4 Å². The zero-order chi connectivity index (χ0) is 19.1. The van der Waals surface area contributed by atoms with Crippen LogP contribution in [0.15, 0.2) is 50.0 Å². The number of aromatic amines is 1. The molecule has 1 aromatic carbocycles. The quantitative estimate of drug-likeness (QED) is 0.533. The minimum atomic E-state index is -0.408. The van der Waals surface area contributed by atoms with Crippen LogP contribution < -0.4 is 10.9 Å². The van der Waals surface area contributed by atoms with Crippen molar-refractivity contribution in [1.82, 2.24) is 9.97 Å². The number of fused-ring (bicyclic) bond motifs is 1. The van der Waals surface area contributed by atoms with Crippen LogP contribution in [0.5, 0.6) is 0 Å². The SMILES string of the molecule is CC(C)Sc1nc2c(c(=O)[nH]1)C(c1ccccc1Br)C1=C(CCCC1=O)N2. The van der Waals surface area contributed by atoms with E-state index in [1.807, 2.05) is 24.3 Å². The summed E-state index contributed by atoms with van der Waals surface area (Å²) in [5.74, 6) is 0.264. The van der Waals surface area contributed by atoms with Crippen molar-refractivity contribution in [3.8, 4) is 0 Å². The van der Waals surface area contributed by atoms with Crippen LogP contribution in [-0.4, -0.2) is 21.0 Å². The van der Waals surface area contributed by atoms with Crippen LogP contribution in [0.2, 0.25) is 0 Å². The van der Waals surface area contributed by atoms with Gasteiger partial charge in [-0.3, -0.25) is 9.59 Å². The van der Waals surface area contributed by atoms with Gasteiger partial charge in [-0.1, -0.05) is 59.7 Å². The van der Waals surface area contributed by atoms with Gasteiger partial charge >= 0.3 is 0 Å². The molecule has 0 bridgehead atoms. The number of carbonyl (C=O) groups is 1. The van der Waals surface area contributed by atoms with Gasteiger partial charge in [0, 0.05) is 33.3 Å². The summed E-state index contributed by atoms with van der Waals surface area (Å²) in [4.78, 5) is 33.4. The number of hydrogen-bond acceptors (Lipinski definition) is 5. The molecule has 0 spiro atoms. The first-order chi connectivity index (χ1) is 13.0.